The number of aromatic amines is 1. The summed E-state index contributed by atoms with van der Waals surface area (Å²) in [6.45, 7) is 7.84. The van der Waals surface area contributed by atoms with Gasteiger partial charge in [0.1, 0.15) is 4.88 Å². The summed E-state index contributed by atoms with van der Waals surface area (Å²) in [4.78, 5) is 39.8. The molecule has 3 aromatic rings. The van der Waals surface area contributed by atoms with Crippen LogP contribution < -0.4 is 15.5 Å². The number of imidazole rings is 1. The average Bonchev–Trinajstić information content (AvgIpc) is 3.46. The van der Waals surface area contributed by atoms with E-state index in [4.69, 9.17) is 16.3 Å². The van der Waals surface area contributed by atoms with Gasteiger partial charge < -0.3 is 25.3 Å². The largest absolute Gasteiger partial charge is 0.462 e. The van der Waals surface area contributed by atoms with Gasteiger partial charge in [-0.2, -0.15) is 0 Å². The minimum Gasteiger partial charge on any atom is -0.462 e. The highest BCUT2D eigenvalue weighted by atomic mass is 35.5. The molecule has 1 saturated heterocycles. The van der Waals surface area contributed by atoms with Gasteiger partial charge >= 0.3 is 5.97 Å². The van der Waals surface area contributed by atoms with E-state index in [-0.39, 0.29) is 29.8 Å². The van der Waals surface area contributed by atoms with Gasteiger partial charge in [0.15, 0.2) is 16.1 Å². The van der Waals surface area contributed by atoms with E-state index in [1.807, 2.05) is 32.0 Å². The Kier molecular flexibility index (Phi) is 8.60. The van der Waals surface area contributed by atoms with E-state index in [1.54, 1.807) is 6.92 Å². The highest BCUT2D eigenvalue weighted by molar-refractivity contribution is 7.17. The third kappa shape index (κ3) is 6.05. The SMILES string of the molecule is CCOC(=O)c1sc(N2CC[C@@H](NC(=O)c3nc(Cl)c(CC)[nH]3)[C@@H](NCc3ccccc3)C2)nc1C. The number of halogens is 1. The summed E-state index contributed by atoms with van der Waals surface area (Å²) in [5.74, 6) is -0.407. The number of anilines is 1. The van der Waals surface area contributed by atoms with Gasteiger partial charge in [-0.05, 0) is 32.3 Å². The van der Waals surface area contributed by atoms with E-state index >= 15 is 0 Å². The second-order valence-corrected chi connectivity index (χ2v) is 9.96. The summed E-state index contributed by atoms with van der Waals surface area (Å²) < 4.78 is 5.17. The number of nitrogens with one attached hydrogen (secondary N) is 3. The van der Waals surface area contributed by atoms with E-state index in [1.165, 1.54) is 11.3 Å². The molecule has 192 valence electrons. The predicted octanol–water partition coefficient (Wildman–Crippen LogP) is 3.73. The molecule has 0 spiro atoms. The third-order valence-corrected chi connectivity index (χ3v) is 7.66. The van der Waals surface area contributed by atoms with E-state index in [9.17, 15) is 9.59 Å². The Morgan fingerprint density at radius 1 is 1.22 bits per heavy atom. The van der Waals surface area contributed by atoms with Crippen molar-refractivity contribution in [3.05, 3.63) is 63.1 Å². The minimum atomic E-state index is -0.344. The first-order valence-electron chi connectivity index (χ1n) is 12.1. The number of ether oxygens (including phenoxy) is 1. The van der Waals surface area contributed by atoms with Gasteiger partial charge in [0.2, 0.25) is 0 Å². The number of carbonyl (C=O) groups is 2. The zero-order valence-electron chi connectivity index (χ0n) is 20.6. The molecule has 0 saturated carbocycles. The van der Waals surface area contributed by atoms with Gasteiger partial charge in [0.05, 0.1) is 18.0 Å². The summed E-state index contributed by atoms with van der Waals surface area (Å²) in [6.07, 6.45) is 1.36. The van der Waals surface area contributed by atoms with Crippen LogP contribution in [0.15, 0.2) is 30.3 Å². The fraction of sp³-hybridized carbons (Fsp3) is 0.440. The maximum absolute atomic E-state index is 13.0. The Morgan fingerprint density at radius 2 is 2.00 bits per heavy atom. The molecule has 4 rings (SSSR count). The topological polar surface area (TPSA) is 112 Å². The Morgan fingerprint density at radius 3 is 2.69 bits per heavy atom. The molecule has 1 aliphatic heterocycles. The molecule has 11 heteroatoms. The Balaban J connectivity index is 1.50. The summed E-state index contributed by atoms with van der Waals surface area (Å²) in [5, 5.41) is 7.85. The number of hydrogen-bond donors (Lipinski definition) is 3. The van der Waals surface area contributed by atoms with Gasteiger partial charge in [-0.15, -0.1) is 0 Å². The Labute approximate surface area is 219 Å². The first-order chi connectivity index (χ1) is 17.4. The van der Waals surface area contributed by atoms with Crippen molar-refractivity contribution in [2.75, 3.05) is 24.6 Å². The molecular weight excluding hydrogens is 500 g/mol. The molecule has 0 bridgehead atoms. The number of nitrogens with zero attached hydrogens (tertiary/aromatic N) is 3. The van der Waals surface area contributed by atoms with E-state index < -0.39 is 0 Å². The van der Waals surface area contributed by atoms with E-state index in [0.29, 0.717) is 54.8 Å². The van der Waals surface area contributed by atoms with Crippen LogP contribution in [0.4, 0.5) is 5.13 Å². The second kappa shape index (κ2) is 11.9. The molecular formula is C25H31ClN6O3S. The Hall–Kier alpha value is -2.95. The van der Waals surface area contributed by atoms with Gasteiger partial charge in [-0.1, -0.05) is 60.2 Å². The smallest absolute Gasteiger partial charge is 0.350 e. The van der Waals surface area contributed by atoms with Crippen molar-refractivity contribution in [2.24, 2.45) is 0 Å². The van der Waals surface area contributed by atoms with Crippen LogP contribution >= 0.6 is 22.9 Å². The highest BCUT2D eigenvalue weighted by Crippen LogP contribution is 2.29. The molecule has 0 radical (unpaired) electrons. The van der Waals surface area contributed by atoms with Crippen LogP contribution in [0, 0.1) is 6.92 Å². The van der Waals surface area contributed by atoms with Crippen molar-refractivity contribution in [2.45, 2.75) is 52.2 Å². The monoisotopic (exact) mass is 530 g/mol. The molecule has 1 aromatic carbocycles. The van der Waals surface area contributed by atoms with Crippen molar-refractivity contribution in [3.63, 3.8) is 0 Å². The molecule has 1 fully saturated rings. The number of hydrogen-bond acceptors (Lipinski definition) is 8. The van der Waals surface area contributed by atoms with Crippen molar-refractivity contribution in [3.8, 4) is 0 Å². The fourth-order valence-electron chi connectivity index (χ4n) is 4.22. The average molecular weight is 531 g/mol. The van der Waals surface area contributed by atoms with Gasteiger partial charge in [-0.25, -0.2) is 14.8 Å². The fourth-order valence-corrected chi connectivity index (χ4v) is 5.48. The van der Waals surface area contributed by atoms with Crippen molar-refractivity contribution >= 4 is 39.9 Å². The van der Waals surface area contributed by atoms with Gasteiger partial charge in [0, 0.05) is 31.7 Å². The zero-order valence-corrected chi connectivity index (χ0v) is 22.2. The maximum Gasteiger partial charge on any atom is 0.350 e. The van der Waals surface area contributed by atoms with Crippen LogP contribution in [0.25, 0.3) is 0 Å². The lowest BCUT2D eigenvalue weighted by molar-refractivity contribution is 0.0531. The van der Waals surface area contributed by atoms with E-state index in [2.05, 4.69) is 42.6 Å². The third-order valence-electron chi connectivity index (χ3n) is 6.15. The van der Waals surface area contributed by atoms with Crippen LogP contribution in [-0.4, -0.2) is 58.6 Å². The van der Waals surface area contributed by atoms with Crippen molar-refractivity contribution < 1.29 is 14.3 Å². The number of aryl methyl sites for hydroxylation is 2. The molecule has 1 aliphatic rings. The lowest BCUT2D eigenvalue weighted by Gasteiger charge is -2.39. The van der Waals surface area contributed by atoms with Crippen molar-refractivity contribution in [1.82, 2.24) is 25.6 Å². The summed E-state index contributed by atoms with van der Waals surface area (Å²) in [6, 6.07) is 9.93. The van der Waals surface area contributed by atoms with Crippen LogP contribution in [0.5, 0.6) is 0 Å². The lowest BCUT2D eigenvalue weighted by Crippen LogP contribution is -2.59. The molecule has 3 heterocycles. The standard InChI is InChI=1S/C25H31ClN6O3S/c1-4-17-21(26)31-22(29-17)23(33)30-18-11-12-32(14-19(18)27-13-16-9-7-6-8-10-16)25-28-15(3)20(36-25)24(34)35-5-2/h6-10,18-19,27H,4-5,11-14H2,1-3H3,(H,29,31)(H,30,33)/t18-,19+/m1/s1. The molecule has 2 atom stereocenters. The maximum atomic E-state index is 13.0. The summed E-state index contributed by atoms with van der Waals surface area (Å²) in [7, 11) is 0. The number of esters is 1. The van der Waals surface area contributed by atoms with Crippen LogP contribution in [0.2, 0.25) is 5.15 Å². The lowest BCUT2D eigenvalue weighted by atomic mass is 9.99. The number of amides is 1. The molecule has 1 amide bonds. The number of piperidine rings is 1. The van der Waals surface area contributed by atoms with Gasteiger partial charge in [-0.3, -0.25) is 4.79 Å². The molecule has 0 unspecified atom stereocenters. The Bertz CT molecular complexity index is 1200. The quantitative estimate of drug-likeness (QED) is 0.361. The van der Waals surface area contributed by atoms with Crippen LogP contribution in [-0.2, 0) is 17.7 Å². The number of thiazole rings is 1. The van der Waals surface area contributed by atoms with Crippen LogP contribution in [0.1, 0.15) is 57.5 Å². The number of carbonyl (C=O) groups excluding carboxylic acids is 2. The molecule has 0 aliphatic carbocycles. The molecule has 3 N–H and O–H groups in total. The predicted molar refractivity (Wildman–Crippen MR) is 141 cm³/mol. The summed E-state index contributed by atoms with van der Waals surface area (Å²) in [5.41, 5.74) is 2.56. The van der Waals surface area contributed by atoms with Crippen LogP contribution in [0.3, 0.4) is 0 Å². The second-order valence-electron chi connectivity index (χ2n) is 8.63. The highest BCUT2D eigenvalue weighted by Gasteiger charge is 2.33. The molecule has 2 aromatic heterocycles. The van der Waals surface area contributed by atoms with Crippen molar-refractivity contribution in [1.29, 1.82) is 0 Å². The van der Waals surface area contributed by atoms with Gasteiger partial charge in [0.25, 0.3) is 5.91 Å². The number of aromatic nitrogens is 3. The number of H-pyrrole nitrogens is 1. The number of rotatable bonds is 9. The summed E-state index contributed by atoms with van der Waals surface area (Å²) >= 11 is 7.49. The number of benzene rings is 1. The van der Waals surface area contributed by atoms with E-state index in [0.717, 1.165) is 16.4 Å². The normalized spacial score (nSPS) is 17.7. The molecule has 9 nitrogen and oxygen atoms in total. The first kappa shape index (κ1) is 26.1. The zero-order chi connectivity index (χ0) is 25.7. The molecule has 36 heavy (non-hydrogen) atoms. The minimum absolute atomic E-state index is 0.0609. The first-order valence-corrected chi connectivity index (χ1v) is 13.3.